The van der Waals surface area contributed by atoms with Gasteiger partial charge in [-0.1, -0.05) is 24.3 Å². The number of hydrogen-bond acceptors (Lipinski definition) is 3. The van der Waals surface area contributed by atoms with Gasteiger partial charge < -0.3 is 14.6 Å². The Balaban J connectivity index is 2.00. The lowest BCUT2D eigenvalue weighted by Gasteiger charge is -2.24. The minimum Gasteiger partial charge on any atom is -0.496 e. The highest BCUT2D eigenvalue weighted by Crippen LogP contribution is 2.39. The minimum absolute atomic E-state index is 0.268. The molecule has 0 bridgehead atoms. The van der Waals surface area contributed by atoms with E-state index in [1.807, 2.05) is 30.3 Å². The lowest BCUT2D eigenvalue weighted by atomic mass is 9.93. The summed E-state index contributed by atoms with van der Waals surface area (Å²) in [4.78, 5) is 27.0. The number of benzene rings is 2. The van der Waals surface area contributed by atoms with Crippen LogP contribution in [0.15, 0.2) is 42.5 Å². The van der Waals surface area contributed by atoms with Crippen molar-refractivity contribution in [2.75, 3.05) is 20.2 Å². The Morgan fingerprint density at radius 3 is 2.71 bits per heavy atom. The second-order valence-corrected chi connectivity index (χ2v) is 6.71. The van der Waals surface area contributed by atoms with Crippen molar-refractivity contribution in [1.29, 1.82) is 0 Å². The van der Waals surface area contributed by atoms with Gasteiger partial charge in [0.05, 0.1) is 18.3 Å². The molecule has 0 fully saturated rings. The summed E-state index contributed by atoms with van der Waals surface area (Å²) in [6, 6.07) is 10.9. The second-order valence-electron chi connectivity index (χ2n) is 6.71. The second kappa shape index (κ2) is 7.31. The molecule has 0 aliphatic carbocycles. The Morgan fingerprint density at radius 2 is 1.96 bits per heavy atom. The zero-order chi connectivity index (χ0) is 19.7. The Bertz CT molecular complexity index is 1100. The SMILES string of the molecule is COc1ccccc1-c1cc(C2=CCCN(C=O)C2)c(F)c2[nH]c(C=O)cc12. The molecule has 0 unspecified atom stereocenters. The third-order valence-corrected chi connectivity index (χ3v) is 5.07. The van der Waals surface area contributed by atoms with E-state index in [0.717, 1.165) is 23.1 Å². The summed E-state index contributed by atoms with van der Waals surface area (Å²) in [7, 11) is 1.58. The lowest BCUT2D eigenvalue weighted by Crippen LogP contribution is -2.28. The number of carbonyl (C=O) groups is 2. The third-order valence-electron chi connectivity index (χ3n) is 5.07. The van der Waals surface area contributed by atoms with Gasteiger partial charge in [-0.2, -0.15) is 0 Å². The largest absolute Gasteiger partial charge is 0.496 e. The molecule has 1 aromatic heterocycles. The van der Waals surface area contributed by atoms with Crippen LogP contribution in [0.2, 0.25) is 0 Å². The van der Waals surface area contributed by atoms with Gasteiger partial charge in [-0.05, 0) is 35.8 Å². The number of para-hydroxylation sites is 1. The van der Waals surface area contributed by atoms with Crippen molar-refractivity contribution in [3.05, 3.63) is 59.5 Å². The molecule has 3 aromatic rings. The molecule has 4 rings (SSSR count). The molecule has 1 aliphatic heterocycles. The van der Waals surface area contributed by atoms with Crippen molar-refractivity contribution in [2.45, 2.75) is 6.42 Å². The van der Waals surface area contributed by atoms with Crippen molar-refractivity contribution in [3.63, 3.8) is 0 Å². The average Bonchev–Trinajstić information content (AvgIpc) is 3.19. The molecular weight excluding hydrogens is 359 g/mol. The molecule has 0 radical (unpaired) electrons. The number of aromatic amines is 1. The average molecular weight is 378 g/mol. The molecule has 2 heterocycles. The number of nitrogens with one attached hydrogen (secondary N) is 1. The Labute approximate surface area is 161 Å². The molecule has 0 atom stereocenters. The molecule has 1 amide bonds. The summed E-state index contributed by atoms with van der Waals surface area (Å²) in [5.41, 5.74) is 3.29. The van der Waals surface area contributed by atoms with E-state index >= 15 is 4.39 Å². The van der Waals surface area contributed by atoms with Crippen molar-refractivity contribution >= 4 is 29.2 Å². The quantitative estimate of drug-likeness (QED) is 0.682. The van der Waals surface area contributed by atoms with Crippen LogP contribution in [0.3, 0.4) is 0 Å². The highest BCUT2D eigenvalue weighted by atomic mass is 19.1. The van der Waals surface area contributed by atoms with Gasteiger partial charge in [0.1, 0.15) is 5.75 Å². The van der Waals surface area contributed by atoms with E-state index in [9.17, 15) is 9.59 Å². The van der Waals surface area contributed by atoms with Gasteiger partial charge >= 0.3 is 0 Å². The molecule has 1 aliphatic rings. The van der Waals surface area contributed by atoms with Gasteiger partial charge in [0.2, 0.25) is 6.41 Å². The maximum absolute atomic E-state index is 15.4. The fraction of sp³-hybridized carbons (Fsp3) is 0.182. The van der Waals surface area contributed by atoms with Crippen LogP contribution in [-0.4, -0.2) is 42.8 Å². The number of carbonyl (C=O) groups excluding carboxylic acids is 2. The van der Waals surface area contributed by atoms with E-state index in [0.29, 0.717) is 48.2 Å². The first-order chi connectivity index (χ1) is 13.7. The number of nitrogens with zero attached hydrogens (tertiary/aromatic N) is 1. The summed E-state index contributed by atoms with van der Waals surface area (Å²) in [5.74, 6) is 0.225. The number of hydrogen-bond donors (Lipinski definition) is 1. The molecule has 28 heavy (non-hydrogen) atoms. The normalized spacial score (nSPS) is 14.1. The van der Waals surface area contributed by atoms with E-state index in [1.54, 1.807) is 24.1 Å². The lowest BCUT2D eigenvalue weighted by molar-refractivity contribution is -0.117. The molecule has 6 heteroatoms. The number of aldehydes is 1. The van der Waals surface area contributed by atoms with E-state index in [1.165, 1.54) is 0 Å². The first kappa shape index (κ1) is 18.0. The van der Waals surface area contributed by atoms with Gasteiger partial charge in [0.25, 0.3) is 0 Å². The Morgan fingerprint density at radius 1 is 1.14 bits per heavy atom. The predicted octanol–water partition coefficient (Wildman–Crippen LogP) is 4.04. The third kappa shape index (κ3) is 2.97. The van der Waals surface area contributed by atoms with Crippen LogP contribution < -0.4 is 4.74 Å². The van der Waals surface area contributed by atoms with Gasteiger partial charge in [-0.25, -0.2) is 4.39 Å². The smallest absolute Gasteiger partial charge is 0.210 e. The number of aromatic nitrogens is 1. The predicted molar refractivity (Wildman–Crippen MR) is 106 cm³/mol. The van der Waals surface area contributed by atoms with Crippen LogP contribution in [-0.2, 0) is 4.79 Å². The molecule has 0 saturated carbocycles. The van der Waals surface area contributed by atoms with Crippen molar-refractivity contribution in [2.24, 2.45) is 0 Å². The number of amides is 1. The van der Waals surface area contributed by atoms with Crippen LogP contribution in [0, 0.1) is 5.82 Å². The van der Waals surface area contributed by atoms with E-state index < -0.39 is 5.82 Å². The summed E-state index contributed by atoms with van der Waals surface area (Å²) in [5, 5.41) is 0.608. The Hall–Kier alpha value is -3.41. The topological polar surface area (TPSA) is 62.4 Å². The fourth-order valence-electron chi connectivity index (χ4n) is 3.72. The standard InChI is InChI=1S/C22H19FN2O3/c1-28-20-7-3-2-6-16(20)18-10-17(14-5-4-8-25(11-14)13-27)21(23)22-19(18)9-15(12-26)24-22/h2-3,5-7,9-10,12-13,24H,4,8,11H2,1H3. The first-order valence-electron chi connectivity index (χ1n) is 8.98. The van der Waals surface area contributed by atoms with Crippen molar-refractivity contribution in [3.8, 4) is 16.9 Å². The monoisotopic (exact) mass is 378 g/mol. The molecule has 0 spiro atoms. The van der Waals surface area contributed by atoms with Crippen LogP contribution in [0.1, 0.15) is 22.5 Å². The van der Waals surface area contributed by atoms with Crippen molar-refractivity contribution in [1.82, 2.24) is 9.88 Å². The molecule has 5 nitrogen and oxygen atoms in total. The summed E-state index contributed by atoms with van der Waals surface area (Å²) < 4.78 is 20.9. The number of ether oxygens (including phenoxy) is 1. The van der Waals surface area contributed by atoms with Gasteiger partial charge in [0, 0.05) is 29.6 Å². The van der Waals surface area contributed by atoms with Gasteiger partial charge in [-0.15, -0.1) is 0 Å². The van der Waals surface area contributed by atoms with Crippen LogP contribution >= 0.6 is 0 Å². The van der Waals surface area contributed by atoms with Crippen LogP contribution in [0.5, 0.6) is 5.75 Å². The van der Waals surface area contributed by atoms with Gasteiger partial charge in [0.15, 0.2) is 12.1 Å². The molecule has 142 valence electrons. The fourth-order valence-corrected chi connectivity index (χ4v) is 3.72. The molecule has 1 N–H and O–H groups in total. The van der Waals surface area contributed by atoms with Gasteiger partial charge in [-0.3, -0.25) is 9.59 Å². The van der Waals surface area contributed by atoms with E-state index in [-0.39, 0.29) is 5.52 Å². The zero-order valence-electron chi connectivity index (χ0n) is 15.4. The highest BCUT2D eigenvalue weighted by Gasteiger charge is 2.22. The van der Waals surface area contributed by atoms with E-state index in [4.69, 9.17) is 4.74 Å². The maximum Gasteiger partial charge on any atom is 0.210 e. The first-order valence-corrected chi connectivity index (χ1v) is 8.98. The van der Waals surface area contributed by atoms with Crippen LogP contribution in [0.4, 0.5) is 4.39 Å². The van der Waals surface area contributed by atoms with Crippen LogP contribution in [0.25, 0.3) is 27.6 Å². The molecular formula is C22H19FN2O3. The molecule has 2 aromatic carbocycles. The number of fused-ring (bicyclic) bond motifs is 1. The number of rotatable bonds is 5. The number of halogens is 1. The number of methoxy groups -OCH3 is 1. The maximum atomic E-state index is 15.4. The van der Waals surface area contributed by atoms with E-state index in [2.05, 4.69) is 4.98 Å². The summed E-state index contributed by atoms with van der Waals surface area (Å²) in [6.45, 7) is 0.965. The minimum atomic E-state index is -0.430. The summed E-state index contributed by atoms with van der Waals surface area (Å²) >= 11 is 0. The highest BCUT2D eigenvalue weighted by molar-refractivity contribution is 6.02. The number of H-pyrrole nitrogens is 1. The Kier molecular flexibility index (Phi) is 4.69. The zero-order valence-corrected chi connectivity index (χ0v) is 15.4. The van der Waals surface area contributed by atoms with Crippen molar-refractivity contribution < 1.29 is 18.7 Å². The summed E-state index contributed by atoms with van der Waals surface area (Å²) in [6.07, 6.45) is 4.07. The molecule has 0 saturated heterocycles.